The van der Waals surface area contributed by atoms with E-state index in [2.05, 4.69) is 25.9 Å². The third-order valence-electron chi connectivity index (χ3n) is 9.93. The number of rotatable bonds is 22. The number of anilines is 2. The van der Waals surface area contributed by atoms with Gasteiger partial charge in [0.05, 0.1) is 24.0 Å². The van der Waals surface area contributed by atoms with Gasteiger partial charge in [-0.15, -0.1) is 0 Å². The first-order valence-electron chi connectivity index (χ1n) is 19.4. The van der Waals surface area contributed by atoms with Crippen molar-refractivity contribution in [3.63, 3.8) is 0 Å². The number of fused-ring (bicyclic) bond motifs is 1. The quantitative estimate of drug-likeness (QED) is 0.0595. The molecule has 2 aromatic carbocycles. The largest absolute Gasteiger partial charge is 0.480 e. The number of carboxylic acid groups (broad SMARTS) is 4. The fourth-order valence-electron chi connectivity index (χ4n) is 6.69. The van der Waals surface area contributed by atoms with Crippen LogP contribution in [0.5, 0.6) is 0 Å². The molecule has 21 heteroatoms. The van der Waals surface area contributed by atoms with Crippen molar-refractivity contribution in [2.24, 2.45) is 0 Å². The Kier molecular flexibility index (Phi) is 17.4. The van der Waals surface area contributed by atoms with Crippen molar-refractivity contribution >= 4 is 64.0 Å². The van der Waals surface area contributed by atoms with Crippen molar-refractivity contribution in [3.8, 4) is 0 Å². The molecule has 1 unspecified atom stereocenters. The highest BCUT2D eigenvalue weighted by atomic mass is 16.4. The molecule has 10 N–H and O–H groups in total. The van der Waals surface area contributed by atoms with Gasteiger partial charge in [-0.1, -0.05) is 6.07 Å². The second-order valence-electron chi connectivity index (χ2n) is 14.4. The van der Waals surface area contributed by atoms with E-state index in [4.69, 9.17) is 5.73 Å². The number of aliphatic carboxylic acids is 4. The highest BCUT2D eigenvalue weighted by Gasteiger charge is 2.29. The average molecular weight is 838 g/mol. The predicted octanol–water partition coefficient (Wildman–Crippen LogP) is -0.132. The zero-order valence-corrected chi connectivity index (χ0v) is 32.9. The minimum absolute atomic E-state index is 0.0208. The molecule has 2 atom stereocenters. The number of Topliss-reactive ketones (excluding diaryl/α,β-unsaturated/α-hetero) is 1. The first-order chi connectivity index (χ1) is 28.6. The van der Waals surface area contributed by atoms with E-state index in [0.29, 0.717) is 36.2 Å². The first kappa shape index (κ1) is 46.2. The number of hydrogen-bond acceptors (Lipinski definition) is 14. The van der Waals surface area contributed by atoms with Crippen LogP contribution in [0.25, 0.3) is 10.9 Å². The monoisotopic (exact) mass is 837 g/mol. The summed E-state index contributed by atoms with van der Waals surface area (Å²) in [4.78, 5) is 109. The second-order valence-corrected chi connectivity index (χ2v) is 14.4. The molecular formula is C39H51N9O12. The standard InChI is InChI=1S/C39H51N9O12/c40-39-44-29-9-3-24(20-28(29)36(56)45-39)21-42-26-6-4-25(5-7-26)35(55)43-30(37(57)58)10-12-32(50)41-13-1-2-27(49)8-11-31(38(59)60)48-18-16-46(22-33(51)52)14-15-47(17-19-48)23-34(53)54/h3-7,9,20,30-31,42H,1-2,8,10-19,21-23H2,(H,41,50)(H,43,55)(H,51,52)(H,53,54)(H,57,58)(H,59,60)(H3,40,44,45,56)/t30-,31?/m0/s1. The van der Waals surface area contributed by atoms with Gasteiger partial charge in [-0.25, -0.2) is 9.78 Å². The van der Waals surface area contributed by atoms with Crippen LogP contribution >= 0.6 is 0 Å². The van der Waals surface area contributed by atoms with Gasteiger partial charge in [0.15, 0.2) is 0 Å². The number of nitrogen functional groups attached to an aromatic ring is 1. The summed E-state index contributed by atoms with van der Waals surface area (Å²) < 4.78 is 0. The molecule has 0 radical (unpaired) electrons. The van der Waals surface area contributed by atoms with Crippen molar-refractivity contribution in [3.05, 3.63) is 63.9 Å². The van der Waals surface area contributed by atoms with Crippen molar-refractivity contribution in [2.45, 2.75) is 57.2 Å². The number of amides is 2. The zero-order chi connectivity index (χ0) is 43.8. The molecule has 1 fully saturated rings. The van der Waals surface area contributed by atoms with E-state index in [1.807, 2.05) is 0 Å². The van der Waals surface area contributed by atoms with Gasteiger partial charge in [0.1, 0.15) is 17.9 Å². The Morgan fingerprint density at radius 2 is 1.42 bits per heavy atom. The lowest BCUT2D eigenvalue weighted by atomic mass is 10.0. The summed E-state index contributed by atoms with van der Waals surface area (Å²) in [6.45, 7) is 1.38. The summed E-state index contributed by atoms with van der Waals surface area (Å²) in [7, 11) is 0. The van der Waals surface area contributed by atoms with Crippen LogP contribution in [0.3, 0.4) is 0 Å². The van der Waals surface area contributed by atoms with Crippen LogP contribution in [0.15, 0.2) is 47.3 Å². The van der Waals surface area contributed by atoms with Crippen LogP contribution in [0.2, 0.25) is 0 Å². The summed E-state index contributed by atoms with van der Waals surface area (Å²) in [5, 5.41) is 46.9. The SMILES string of the molecule is Nc1nc2ccc(CNc3ccc(C(=O)N[C@@H](CCC(=O)NCCCC(=O)CCC(C(=O)O)N4CCN(CC(=O)O)CCN(CC(=O)O)CC4)C(=O)O)cc3)cc2c(=O)[nH]1. The number of nitrogens with zero attached hydrogens (tertiary/aromatic N) is 4. The van der Waals surface area contributed by atoms with Gasteiger partial charge in [-0.2, -0.15) is 0 Å². The molecule has 0 saturated carbocycles. The molecule has 4 rings (SSSR count). The van der Waals surface area contributed by atoms with Crippen LogP contribution in [0.1, 0.15) is 54.4 Å². The van der Waals surface area contributed by atoms with Crippen molar-refractivity contribution in [2.75, 3.05) is 70.0 Å². The third kappa shape index (κ3) is 15.1. The average Bonchev–Trinajstić information content (AvgIpc) is 3.27. The number of carboxylic acids is 4. The van der Waals surface area contributed by atoms with E-state index in [1.54, 1.807) is 45.0 Å². The summed E-state index contributed by atoms with van der Waals surface area (Å²) in [5.74, 6) is -5.96. The fourth-order valence-corrected chi connectivity index (χ4v) is 6.69. The Morgan fingerprint density at radius 1 is 0.783 bits per heavy atom. The maximum atomic E-state index is 12.9. The lowest BCUT2D eigenvalue weighted by Gasteiger charge is -2.30. The number of carbonyl (C=O) groups excluding carboxylic acids is 3. The number of nitrogens with one attached hydrogen (secondary N) is 4. The molecule has 0 bridgehead atoms. The molecule has 324 valence electrons. The summed E-state index contributed by atoms with van der Waals surface area (Å²) in [6.07, 6.45) is -0.209. The van der Waals surface area contributed by atoms with E-state index >= 15 is 0 Å². The maximum absolute atomic E-state index is 12.9. The van der Waals surface area contributed by atoms with Crippen molar-refractivity contribution < 1.29 is 54.0 Å². The van der Waals surface area contributed by atoms with Crippen LogP contribution in [0.4, 0.5) is 11.6 Å². The third-order valence-corrected chi connectivity index (χ3v) is 9.93. The predicted molar refractivity (Wildman–Crippen MR) is 216 cm³/mol. The molecule has 1 aliphatic heterocycles. The van der Waals surface area contributed by atoms with Crippen LogP contribution in [0, 0.1) is 0 Å². The van der Waals surface area contributed by atoms with Gasteiger partial charge >= 0.3 is 23.9 Å². The lowest BCUT2D eigenvalue weighted by Crippen LogP contribution is -2.47. The Hall–Kier alpha value is -6.45. The highest BCUT2D eigenvalue weighted by Crippen LogP contribution is 2.16. The van der Waals surface area contributed by atoms with Gasteiger partial charge in [0.25, 0.3) is 11.5 Å². The topological polar surface area (TPSA) is 318 Å². The Bertz CT molecular complexity index is 2050. The van der Waals surface area contributed by atoms with Gasteiger partial charge in [0.2, 0.25) is 11.9 Å². The van der Waals surface area contributed by atoms with Gasteiger partial charge < -0.3 is 42.1 Å². The minimum atomic E-state index is -1.36. The van der Waals surface area contributed by atoms with E-state index in [9.17, 15) is 58.8 Å². The molecule has 60 heavy (non-hydrogen) atoms. The number of nitrogens with two attached hydrogens (primary N) is 1. The normalized spacial score (nSPS) is 15.1. The molecular weight excluding hydrogens is 786 g/mol. The molecule has 1 aromatic heterocycles. The molecule has 3 aromatic rings. The summed E-state index contributed by atoms with van der Waals surface area (Å²) >= 11 is 0. The number of carbonyl (C=O) groups is 7. The highest BCUT2D eigenvalue weighted by molar-refractivity contribution is 5.97. The van der Waals surface area contributed by atoms with E-state index in [1.165, 1.54) is 12.1 Å². The van der Waals surface area contributed by atoms with E-state index < -0.39 is 47.8 Å². The molecule has 0 aliphatic carbocycles. The molecule has 1 saturated heterocycles. The number of H-pyrrole nitrogens is 1. The van der Waals surface area contributed by atoms with Crippen LogP contribution < -0.4 is 27.2 Å². The number of ketones is 1. The second kappa shape index (κ2) is 22.6. The van der Waals surface area contributed by atoms with Crippen molar-refractivity contribution in [1.29, 1.82) is 0 Å². The Balaban J connectivity index is 1.17. The summed E-state index contributed by atoms with van der Waals surface area (Å²) in [6, 6.07) is 9.05. The van der Waals surface area contributed by atoms with Crippen LogP contribution in [-0.2, 0) is 35.3 Å². The molecule has 0 spiro atoms. The minimum Gasteiger partial charge on any atom is -0.480 e. The molecule has 21 nitrogen and oxygen atoms in total. The van der Waals surface area contributed by atoms with E-state index in [-0.39, 0.29) is 107 Å². The molecule has 1 aliphatic rings. The lowest BCUT2D eigenvalue weighted by molar-refractivity contribution is -0.145. The number of aromatic amines is 1. The fraction of sp³-hybridized carbons (Fsp3) is 0.462. The zero-order valence-electron chi connectivity index (χ0n) is 32.9. The number of benzene rings is 2. The van der Waals surface area contributed by atoms with Gasteiger partial charge in [-0.3, -0.25) is 53.2 Å². The van der Waals surface area contributed by atoms with E-state index in [0.717, 1.165) is 5.56 Å². The summed E-state index contributed by atoms with van der Waals surface area (Å²) in [5.41, 5.74) is 7.35. The van der Waals surface area contributed by atoms with Gasteiger partial charge in [-0.05, 0) is 61.2 Å². The van der Waals surface area contributed by atoms with Crippen molar-refractivity contribution in [1.82, 2.24) is 35.3 Å². The number of aromatic nitrogens is 2. The molecule has 2 heterocycles. The smallest absolute Gasteiger partial charge is 0.326 e. The Morgan fingerprint density at radius 3 is 2.02 bits per heavy atom. The maximum Gasteiger partial charge on any atom is 0.326 e. The molecule has 2 amide bonds. The number of hydrogen-bond donors (Lipinski definition) is 9. The Labute approximate surface area is 343 Å². The van der Waals surface area contributed by atoms with Crippen LogP contribution in [-0.4, -0.2) is 158 Å². The van der Waals surface area contributed by atoms with Gasteiger partial charge in [0, 0.05) is 82.9 Å². The first-order valence-corrected chi connectivity index (χ1v) is 19.4.